The molecular formula is C23H27N3O2S. The molecule has 1 fully saturated rings. The van der Waals surface area contributed by atoms with E-state index in [1.165, 1.54) is 18.4 Å². The van der Waals surface area contributed by atoms with E-state index < -0.39 is 0 Å². The molecule has 2 aromatic heterocycles. The maximum atomic E-state index is 12.8. The minimum atomic E-state index is -0.0544. The zero-order valence-corrected chi connectivity index (χ0v) is 17.8. The topological polar surface area (TPSA) is 64.0 Å². The molecule has 0 radical (unpaired) electrons. The molecule has 0 spiro atoms. The van der Waals surface area contributed by atoms with Gasteiger partial charge >= 0.3 is 0 Å². The van der Waals surface area contributed by atoms with Crippen LogP contribution < -0.4 is 10.9 Å². The number of fused-ring (bicyclic) bond motifs is 1. The number of carbonyl (C=O) groups excluding carboxylic acids is 1. The van der Waals surface area contributed by atoms with Crippen LogP contribution in [0.15, 0.2) is 41.5 Å². The molecule has 0 aliphatic heterocycles. The molecule has 0 saturated heterocycles. The van der Waals surface area contributed by atoms with Gasteiger partial charge in [0.2, 0.25) is 5.91 Å². The fourth-order valence-electron chi connectivity index (χ4n) is 4.42. The van der Waals surface area contributed by atoms with E-state index >= 15 is 0 Å². The van der Waals surface area contributed by atoms with Gasteiger partial charge in [0.15, 0.2) is 0 Å². The predicted molar refractivity (Wildman–Crippen MR) is 118 cm³/mol. The fraction of sp³-hybridized carbons (Fsp3) is 0.435. The minimum absolute atomic E-state index is 0.0163. The SMILES string of the molecule is Cc1sc2ncn(CCC(=O)NCC3(c4ccccc4)CCCC3)c(=O)c2c1C. The van der Waals surface area contributed by atoms with Gasteiger partial charge in [0.1, 0.15) is 4.83 Å². The average molecular weight is 410 g/mol. The molecule has 4 rings (SSSR count). The Bertz CT molecular complexity index is 1080. The summed E-state index contributed by atoms with van der Waals surface area (Å²) in [5.74, 6) is -0.0163. The Hall–Kier alpha value is -2.47. The third-order valence-electron chi connectivity index (χ3n) is 6.31. The molecule has 3 aromatic rings. The summed E-state index contributed by atoms with van der Waals surface area (Å²) >= 11 is 1.54. The number of amides is 1. The van der Waals surface area contributed by atoms with Crippen molar-refractivity contribution in [3.8, 4) is 0 Å². The standard InChI is InChI=1S/C23H27N3O2S/c1-16-17(2)29-21-20(16)22(28)26(15-25-21)13-10-19(27)24-14-23(11-6-7-12-23)18-8-4-3-5-9-18/h3-5,8-9,15H,6-7,10-14H2,1-2H3,(H,24,27). The van der Waals surface area contributed by atoms with Crippen molar-refractivity contribution >= 4 is 27.5 Å². The van der Waals surface area contributed by atoms with Crippen LogP contribution in [0.5, 0.6) is 0 Å². The van der Waals surface area contributed by atoms with Crippen LogP contribution in [0.3, 0.4) is 0 Å². The van der Waals surface area contributed by atoms with Gasteiger partial charge in [0, 0.05) is 29.8 Å². The molecular weight excluding hydrogens is 382 g/mol. The highest BCUT2D eigenvalue weighted by Crippen LogP contribution is 2.40. The average Bonchev–Trinajstić information content (AvgIpc) is 3.33. The molecule has 1 aromatic carbocycles. The molecule has 152 valence electrons. The lowest BCUT2D eigenvalue weighted by atomic mass is 9.79. The van der Waals surface area contributed by atoms with Crippen molar-refractivity contribution in [3.63, 3.8) is 0 Å². The second kappa shape index (κ2) is 8.11. The number of hydrogen-bond donors (Lipinski definition) is 1. The van der Waals surface area contributed by atoms with E-state index in [9.17, 15) is 9.59 Å². The zero-order valence-electron chi connectivity index (χ0n) is 17.0. The first-order chi connectivity index (χ1) is 14.0. The maximum Gasteiger partial charge on any atom is 0.262 e. The Morgan fingerprint density at radius 1 is 1.21 bits per heavy atom. The highest BCUT2D eigenvalue weighted by molar-refractivity contribution is 7.18. The van der Waals surface area contributed by atoms with E-state index in [0.29, 0.717) is 18.5 Å². The van der Waals surface area contributed by atoms with Crippen molar-refractivity contribution in [2.75, 3.05) is 6.54 Å². The minimum Gasteiger partial charge on any atom is -0.355 e. The molecule has 0 bridgehead atoms. The van der Waals surface area contributed by atoms with Gasteiger partial charge in [-0.15, -0.1) is 11.3 Å². The Morgan fingerprint density at radius 3 is 2.66 bits per heavy atom. The molecule has 1 saturated carbocycles. The molecule has 0 atom stereocenters. The molecule has 2 heterocycles. The van der Waals surface area contributed by atoms with Gasteiger partial charge in [-0.3, -0.25) is 14.2 Å². The number of rotatable bonds is 6. The molecule has 6 heteroatoms. The van der Waals surface area contributed by atoms with Crippen LogP contribution in [0.1, 0.15) is 48.1 Å². The Morgan fingerprint density at radius 2 is 1.93 bits per heavy atom. The van der Waals surface area contributed by atoms with Crippen LogP contribution in [0.2, 0.25) is 0 Å². The van der Waals surface area contributed by atoms with Crippen molar-refractivity contribution in [1.82, 2.24) is 14.9 Å². The van der Waals surface area contributed by atoms with Gasteiger partial charge in [0.05, 0.1) is 11.7 Å². The number of thiophene rings is 1. The van der Waals surface area contributed by atoms with E-state index in [2.05, 4.69) is 34.6 Å². The van der Waals surface area contributed by atoms with Gasteiger partial charge in [-0.2, -0.15) is 0 Å². The van der Waals surface area contributed by atoms with Gasteiger partial charge in [0.25, 0.3) is 5.56 Å². The Kier molecular flexibility index (Phi) is 5.54. The number of aryl methyl sites for hydroxylation is 3. The second-order valence-electron chi connectivity index (χ2n) is 8.09. The summed E-state index contributed by atoms with van der Waals surface area (Å²) < 4.78 is 1.56. The highest BCUT2D eigenvalue weighted by atomic mass is 32.1. The lowest BCUT2D eigenvalue weighted by Crippen LogP contribution is -2.39. The number of benzene rings is 1. The summed E-state index contributed by atoms with van der Waals surface area (Å²) in [4.78, 5) is 31.6. The number of carbonyl (C=O) groups is 1. The number of aromatic nitrogens is 2. The number of nitrogens with one attached hydrogen (secondary N) is 1. The van der Waals surface area contributed by atoms with E-state index in [1.54, 1.807) is 22.2 Å². The van der Waals surface area contributed by atoms with E-state index in [-0.39, 0.29) is 23.3 Å². The molecule has 1 amide bonds. The van der Waals surface area contributed by atoms with Gasteiger partial charge < -0.3 is 5.32 Å². The lowest BCUT2D eigenvalue weighted by Gasteiger charge is -2.30. The smallest absolute Gasteiger partial charge is 0.262 e. The van der Waals surface area contributed by atoms with Crippen molar-refractivity contribution in [2.24, 2.45) is 0 Å². The summed E-state index contributed by atoms with van der Waals surface area (Å²) in [5.41, 5.74) is 2.29. The number of hydrogen-bond acceptors (Lipinski definition) is 4. The first kappa shape index (κ1) is 19.8. The molecule has 0 unspecified atom stereocenters. The van der Waals surface area contributed by atoms with Crippen LogP contribution in [-0.4, -0.2) is 22.0 Å². The molecule has 5 nitrogen and oxygen atoms in total. The largest absolute Gasteiger partial charge is 0.355 e. The van der Waals surface area contributed by atoms with Crippen LogP contribution in [0.25, 0.3) is 10.2 Å². The van der Waals surface area contributed by atoms with E-state index in [1.807, 2.05) is 19.9 Å². The zero-order chi connectivity index (χ0) is 20.4. The number of nitrogens with zero attached hydrogens (tertiary/aromatic N) is 2. The molecule has 1 aliphatic rings. The van der Waals surface area contributed by atoms with Crippen molar-refractivity contribution in [2.45, 2.75) is 57.9 Å². The Labute approximate surface area is 174 Å². The molecule has 29 heavy (non-hydrogen) atoms. The summed E-state index contributed by atoms with van der Waals surface area (Å²) in [6.07, 6.45) is 6.45. The first-order valence-corrected chi connectivity index (χ1v) is 11.1. The Balaban J connectivity index is 1.42. The van der Waals surface area contributed by atoms with Crippen molar-refractivity contribution in [1.29, 1.82) is 0 Å². The third kappa shape index (κ3) is 3.86. The van der Waals surface area contributed by atoms with Crippen molar-refractivity contribution < 1.29 is 4.79 Å². The summed E-state index contributed by atoms with van der Waals surface area (Å²) in [7, 11) is 0. The fourth-order valence-corrected chi connectivity index (χ4v) is 5.41. The van der Waals surface area contributed by atoms with Crippen LogP contribution in [0, 0.1) is 13.8 Å². The maximum absolute atomic E-state index is 12.8. The second-order valence-corrected chi connectivity index (χ2v) is 9.29. The van der Waals surface area contributed by atoms with Crippen LogP contribution in [-0.2, 0) is 16.8 Å². The first-order valence-electron chi connectivity index (χ1n) is 10.3. The molecule has 1 N–H and O–H groups in total. The van der Waals surface area contributed by atoms with Gasteiger partial charge in [-0.25, -0.2) is 4.98 Å². The lowest BCUT2D eigenvalue weighted by molar-refractivity contribution is -0.121. The van der Waals surface area contributed by atoms with Crippen LogP contribution in [0.4, 0.5) is 0 Å². The summed E-state index contributed by atoms with van der Waals surface area (Å²) in [5, 5.41) is 3.82. The third-order valence-corrected chi connectivity index (χ3v) is 7.42. The van der Waals surface area contributed by atoms with Crippen LogP contribution >= 0.6 is 11.3 Å². The van der Waals surface area contributed by atoms with Crippen molar-refractivity contribution in [3.05, 3.63) is 63.0 Å². The van der Waals surface area contributed by atoms with E-state index in [0.717, 1.165) is 28.1 Å². The monoisotopic (exact) mass is 409 g/mol. The summed E-state index contributed by atoms with van der Waals surface area (Å²) in [6, 6.07) is 10.5. The highest BCUT2D eigenvalue weighted by Gasteiger charge is 2.35. The van der Waals surface area contributed by atoms with Gasteiger partial charge in [-0.05, 0) is 37.8 Å². The van der Waals surface area contributed by atoms with Gasteiger partial charge in [-0.1, -0.05) is 43.2 Å². The summed E-state index contributed by atoms with van der Waals surface area (Å²) in [6.45, 7) is 4.97. The molecule has 1 aliphatic carbocycles. The predicted octanol–water partition coefficient (Wildman–Crippen LogP) is 4.09. The normalized spacial score (nSPS) is 15.7. The van der Waals surface area contributed by atoms with E-state index in [4.69, 9.17) is 0 Å². The quantitative estimate of drug-likeness (QED) is 0.667.